The van der Waals surface area contributed by atoms with E-state index in [9.17, 15) is 4.39 Å². The van der Waals surface area contributed by atoms with Crippen LogP contribution in [0.25, 0.3) is 10.8 Å². The van der Waals surface area contributed by atoms with Crippen LogP contribution >= 0.6 is 11.6 Å². The zero-order valence-electron chi connectivity index (χ0n) is 10.7. The highest BCUT2D eigenvalue weighted by Crippen LogP contribution is 2.20. The summed E-state index contributed by atoms with van der Waals surface area (Å²) in [5, 5.41) is 5.75. The monoisotopic (exact) mass is 285 g/mol. The molecule has 0 saturated carbocycles. The van der Waals surface area contributed by atoms with Gasteiger partial charge in [-0.2, -0.15) is 0 Å². The van der Waals surface area contributed by atoms with E-state index in [1.54, 1.807) is 12.1 Å². The maximum atomic E-state index is 13.3. The van der Waals surface area contributed by atoms with Gasteiger partial charge in [0, 0.05) is 12.2 Å². The van der Waals surface area contributed by atoms with Gasteiger partial charge in [0.2, 0.25) is 0 Å². The van der Waals surface area contributed by atoms with E-state index < -0.39 is 5.82 Å². The van der Waals surface area contributed by atoms with Crippen molar-refractivity contribution in [3.63, 3.8) is 0 Å². The fourth-order valence-electron chi connectivity index (χ4n) is 2.16. The molecular weight excluding hydrogens is 273 g/mol. The molecule has 0 aliphatic heterocycles. The zero-order valence-corrected chi connectivity index (χ0v) is 11.5. The van der Waals surface area contributed by atoms with Gasteiger partial charge in [0.15, 0.2) is 0 Å². The van der Waals surface area contributed by atoms with E-state index in [4.69, 9.17) is 11.6 Å². The molecule has 0 radical (unpaired) electrons. The second-order valence-corrected chi connectivity index (χ2v) is 5.07. The van der Waals surface area contributed by atoms with E-state index in [2.05, 4.69) is 35.6 Å². The Morgan fingerprint density at radius 2 is 1.70 bits per heavy atom. The van der Waals surface area contributed by atoms with Crippen LogP contribution in [0.3, 0.4) is 0 Å². The highest BCUT2D eigenvalue weighted by atomic mass is 35.5. The van der Waals surface area contributed by atoms with Crippen molar-refractivity contribution in [1.29, 1.82) is 0 Å². The van der Waals surface area contributed by atoms with Crippen LogP contribution in [-0.2, 0) is 6.54 Å². The van der Waals surface area contributed by atoms with E-state index in [0.717, 1.165) is 11.3 Å². The van der Waals surface area contributed by atoms with E-state index in [0.29, 0.717) is 6.54 Å². The Labute approximate surface area is 122 Å². The van der Waals surface area contributed by atoms with Crippen LogP contribution in [0.4, 0.5) is 10.1 Å². The van der Waals surface area contributed by atoms with E-state index in [1.807, 2.05) is 12.1 Å². The quantitative estimate of drug-likeness (QED) is 0.693. The Kier molecular flexibility index (Phi) is 3.57. The molecule has 0 heterocycles. The largest absolute Gasteiger partial charge is 0.381 e. The summed E-state index contributed by atoms with van der Waals surface area (Å²) in [6.07, 6.45) is 0. The molecule has 3 heteroatoms. The molecule has 0 amide bonds. The molecule has 1 N–H and O–H groups in total. The molecule has 100 valence electrons. The fourth-order valence-corrected chi connectivity index (χ4v) is 2.28. The van der Waals surface area contributed by atoms with Crippen molar-refractivity contribution in [3.05, 3.63) is 77.1 Å². The molecule has 1 nitrogen and oxygen atoms in total. The van der Waals surface area contributed by atoms with Crippen LogP contribution in [0.1, 0.15) is 5.56 Å². The summed E-state index contributed by atoms with van der Waals surface area (Å²) in [5.74, 6) is -0.407. The Morgan fingerprint density at radius 1 is 0.900 bits per heavy atom. The first-order valence-electron chi connectivity index (χ1n) is 6.39. The Balaban J connectivity index is 1.77. The normalized spacial score (nSPS) is 10.7. The predicted molar refractivity (Wildman–Crippen MR) is 82.7 cm³/mol. The van der Waals surface area contributed by atoms with E-state index >= 15 is 0 Å². The molecule has 20 heavy (non-hydrogen) atoms. The minimum Gasteiger partial charge on any atom is -0.381 e. The van der Waals surface area contributed by atoms with Crippen molar-refractivity contribution in [1.82, 2.24) is 0 Å². The van der Waals surface area contributed by atoms with Crippen LogP contribution in [0.2, 0.25) is 5.02 Å². The smallest absolute Gasteiger partial charge is 0.143 e. The highest BCUT2D eigenvalue weighted by Gasteiger charge is 2.01. The average molecular weight is 286 g/mol. The molecule has 0 spiro atoms. The van der Waals surface area contributed by atoms with Crippen molar-refractivity contribution >= 4 is 28.1 Å². The minimum absolute atomic E-state index is 0.140. The molecule has 0 atom stereocenters. The van der Waals surface area contributed by atoms with Crippen molar-refractivity contribution in [3.8, 4) is 0 Å². The number of halogens is 2. The van der Waals surface area contributed by atoms with E-state index in [-0.39, 0.29) is 5.02 Å². The molecule has 3 aromatic rings. The maximum absolute atomic E-state index is 13.3. The Bertz CT molecular complexity index is 755. The second-order valence-electron chi connectivity index (χ2n) is 4.66. The molecule has 0 aliphatic rings. The number of hydrogen-bond donors (Lipinski definition) is 1. The van der Waals surface area contributed by atoms with Gasteiger partial charge >= 0.3 is 0 Å². The topological polar surface area (TPSA) is 12.0 Å². The maximum Gasteiger partial charge on any atom is 0.143 e. The van der Waals surface area contributed by atoms with Gasteiger partial charge in [0.25, 0.3) is 0 Å². The highest BCUT2D eigenvalue weighted by molar-refractivity contribution is 6.30. The number of rotatable bonds is 3. The lowest BCUT2D eigenvalue weighted by molar-refractivity contribution is 0.628. The lowest BCUT2D eigenvalue weighted by Crippen LogP contribution is -1.99. The van der Waals surface area contributed by atoms with Crippen molar-refractivity contribution in [2.45, 2.75) is 6.54 Å². The summed E-state index contributed by atoms with van der Waals surface area (Å²) in [7, 11) is 0. The van der Waals surface area contributed by atoms with Crippen LogP contribution in [-0.4, -0.2) is 0 Å². The lowest BCUT2D eigenvalue weighted by atomic mass is 10.1. The molecule has 0 saturated heterocycles. The first-order chi connectivity index (χ1) is 9.72. The molecule has 3 aromatic carbocycles. The van der Waals surface area contributed by atoms with Crippen molar-refractivity contribution in [2.75, 3.05) is 5.32 Å². The van der Waals surface area contributed by atoms with Gasteiger partial charge in [-0.05, 0) is 40.6 Å². The Morgan fingerprint density at radius 3 is 2.50 bits per heavy atom. The number of nitrogens with one attached hydrogen (secondary N) is 1. The van der Waals surface area contributed by atoms with Gasteiger partial charge in [-0.3, -0.25) is 0 Å². The summed E-state index contributed by atoms with van der Waals surface area (Å²) in [6, 6.07) is 19.2. The number of anilines is 1. The van der Waals surface area contributed by atoms with E-state index in [1.165, 1.54) is 16.8 Å². The third kappa shape index (κ3) is 2.75. The lowest BCUT2D eigenvalue weighted by Gasteiger charge is -2.08. The number of benzene rings is 3. The van der Waals surface area contributed by atoms with Crippen molar-refractivity contribution < 1.29 is 4.39 Å². The van der Waals surface area contributed by atoms with Crippen LogP contribution < -0.4 is 5.32 Å². The summed E-state index contributed by atoms with van der Waals surface area (Å²) in [6.45, 7) is 0.645. The second kappa shape index (κ2) is 5.51. The molecule has 0 bridgehead atoms. The molecule has 3 rings (SSSR count). The minimum atomic E-state index is -0.407. The van der Waals surface area contributed by atoms with Gasteiger partial charge in [0.05, 0.1) is 5.02 Å². The Hall–Kier alpha value is -2.06. The third-order valence-corrected chi connectivity index (χ3v) is 3.54. The summed E-state index contributed by atoms with van der Waals surface area (Å²) >= 11 is 5.66. The van der Waals surface area contributed by atoms with Crippen molar-refractivity contribution in [2.24, 2.45) is 0 Å². The molecule has 0 aromatic heterocycles. The van der Waals surface area contributed by atoms with Gasteiger partial charge in [-0.1, -0.05) is 48.0 Å². The third-order valence-electron chi connectivity index (χ3n) is 3.23. The summed E-state index contributed by atoms with van der Waals surface area (Å²) < 4.78 is 13.3. The van der Waals surface area contributed by atoms with Crippen LogP contribution in [0, 0.1) is 5.82 Å². The SMILES string of the molecule is Fc1cc(NCc2ccc3ccccc3c2)ccc1Cl. The molecular formula is C17H13ClFN. The average Bonchev–Trinajstić information content (AvgIpc) is 2.48. The van der Waals surface area contributed by atoms with Gasteiger partial charge in [-0.25, -0.2) is 4.39 Å². The van der Waals surface area contributed by atoms with Crippen LogP contribution in [0.15, 0.2) is 60.7 Å². The fraction of sp³-hybridized carbons (Fsp3) is 0.0588. The van der Waals surface area contributed by atoms with Gasteiger partial charge < -0.3 is 5.32 Å². The number of fused-ring (bicyclic) bond motifs is 1. The molecule has 0 aliphatic carbocycles. The van der Waals surface area contributed by atoms with Crippen LogP contribution in [0.5, 0.6) is 0 Å². The zero-order chi connectivity index (χ0) is 13.9. The standard InChI is InChI=1S/C17H13ClFN/c18-16-8-7-15(10-17(16)19)20-11-12-5-6-13-3-1-2-4-14(13)9-12/h1-10,20H,11H2. The predicted octanol–water partition coefficient (Wildman–Crippen LogP) is 5.24. The molecule has 0 unspecified atom stereocenters. The first kappa shape index (κ1) is 12.9. The number of hydrogen-bond acceptors (Lipinski definition) is 1. The van der Waals surface area contributed by atoms with Gasteiger partial charge in [0.1, 0.15) is 5.82 Å². The molecule has 0 fully saturated rings. The van der Waals surface area contributed by atoms with Gasteiger partial charge in [-0.15, -0.1) is 0 Å². The first-order valence-corrected chi connectivity index (χ1v) is 6.77. The summed E-state index contributed by atoms with van der Waals surface area (Å²) in [4.78, 5) is 0. The summed E-state index contributed by atoms with van der Waals surface area (Å²) in [5.41, 5.74) is 1.87.